The molecule has 2 rings (SSSR count). The van der Waals surface area contributed by atoms with E-state index < -0.39 is 48.5 Å². The number of hydrogen-bond donors (Lipinski definition) is 2. The lowest BCUT2D eigenvalue weighted by molar-refractivity contribution is -0.146. The Morgan fingerprint density at radius 2 is 1.54 bits per heavy atom. The molecule has 0 aliphatic carbocycles. The molecule has 2 aromatic rings. The Hall–Kier alpha value is -3.43. The van der Waals surface area contributed by atoms with Gasteiger partial charge in [-0.2, -0.15) is 13.2 Å². The molecule has 0 heterocycles. The second kappa shape index (κ2) is 8.98. The molecule has 2 amide bonds. The standard InChI is InChI=1S/C18H14F4N2O4/c19-13-5-7-14(8-6-13)24-15(25)10-28-16(26)9-23-17(27)11-1-3-12(4-2-11)18(20,21)22/h1-8H,9-10H2,(H,23,27)(H,24,25). The van der Waals surface area contributed by atoms with Crippen molar-refractivity contribution in [2.24, 2.45) is 0 Å². The highest BCUT2D eigenvalue weighted by Crippen LogP contribution is 2.29. The van der Waals surface area contributed by atoms with Gasteiger partial charge in [0.25, 0.3) is 11.8 Å². The Bertz CT molecular complexity index is 849. The summed E-state index contributed by atoms with van der Waals surface area (Å²) in [5.74, 6) is -2.85. The van der Waals surface area contributed by atoms with E-state index in [0.717, 1.165) is 36.4 Å². The first-order valence-corrected chi connectivity index (χ1v) is 7.81. The van der Waals surface area contributed by atoms with Gasteiger partial charge in [-0.15, -0.1) is 0 Å². The summed E-state index contributed by atoms with van der Waals surface area (Å²) in [4.78, 5) is 35.0. The zero-order chi connectivity index (χ0) is 20.7. The normalized spacial score (nSPS) is 10.9. The first-order valence-electron chi connectivity index (χ1n) is 7.81. The van der Waals surface area contributed by atoms with Crippen LogP contribution in [0.5, 0.6) is 0 Å². The van der Waals surface area contributed by atoms with Crippen molar-refractivity contribution < 1.29 is 36.7 Å². The molecule has 0 atom stereocenters. The monoisotopic (exact) mass is 398 g/mol. The van der Waals surface area contributed by atoms with Gasteiger partial charge in [-0.05, 0) is 48.5 Å². The SMILES string of the molecule is O=C(COC(=O)CNC(=O)c1ccc(C(F)(F)F)cc1)Nc1ccc(F)cc1. The zero-order valence-corrected chi connectivity index (χ0v) is 14.2. The second-order valence-corrected chi connectivity index (χ2v) is 5.47. The fourth-order valence-corrected chi connectivity index (χ4v) is 1.99. The van der Waals surface area contributed by atoms with E-state index in [-0.39, 0.29) is 5.56 Å². The maximum atomic E-state index is 12.8. The highest BCUT2D eigenvalue weighted by molar-refractivity contribution is 5.96. The molecule has 0 saturated carbocycles. The minimum absolute atomic E-state index is 0.0742. The van der Waals surface area contributed by atoms with Crippen LogP contribution in [0.1, 0.15) is 15.9 Å². The predicted molar refractivity (Wildman–Crippen MR) is 89.8 cm³/mol. The lowest BCUT2D eigenvalue weighted by Crippen LogP contribution is -2.32. The van der Waals surface area contributed by atoms with Gasteiger partial charge in [-0.1, -0.05) is 0 Å². The van der Waals surface area contributed by atoms with E-state index in [2.05, 4.69) is 15.4 Å². The first-order chi connectivity index (χ1) is 13.1. The summed E-state index contributed by atoms with van der Waals surface area (Å²) < 4.78 is 54.8. The van der Waals surface area contributed by atoms with Gasteiger partial charge in [-0.25, -0.2) is 4.39 Å². The van der Waals surface area contributed by atoms with E-state index in [1.807, 2.05) is 0 Å². The van der Waals surface area contributed by atoms with Gasteiger partial charge in [0.1, 0.15) is 12.4 Å². The number of alkyl halides is 3. The second-order valence-electron chi connectivity index (χ2n) is 5.47. The smallest absolute Gasteiger partial charge is 0.416 e. The Balaban J connectivity index is 1.74. The summed E-state index contributed by atoms with van der Waals surface area (Å²) in [5.41, 5.74) is -0.677. The summed E-state index contributed by atoms with van der Waals surface area (Å²) in [5, 5.41) is 4.54. The summed E-state index contributed by atoms with van der Waals surface area (Å²) in [7, 11) is 0. The van der Waals surface area contributed by atoms with Gasteiger partial charge in [0.15, 0.2) is 6.61 Å². The van der Waals surface area contributed by atoms with Crippen molar-refractivity contribution in [3.63, 3.8) is 0 Å². The van der Waals surface area contributed by atoms with Gasteiger partial charge in [0.05, 0.1) is 5.56 Å². The van der Waals surface area contributed by atoms with E-state index in [1.54, 1.807) is 0 Å². The van der Waals surface area contributed by atoms with E-state index in [1.165, 1.54) is 12.1 Å². The van der Waals surface area contributed by atoms with E-state index in [4.69, 9.17) is 0 Å². The van der Waals surface area contributed by atoms with Crippen LogP contribution in [0.3, 0.4) is 0 Å². The Morgan fingerprint density at radius 3 is 2.11 bits per heavy atom. The largest absolute Gasteiger partial charge is 0.454 e. The number of ether oxygens (including phenoxy) is 1. The van der Waals surface area contributed by atoms with Crippen molar-refractivity contribution in [2.45, 2.75) is 6.18 Å². The molecule has 0 radical (unpaired) electrons. The molecule has 2 aromatic carbocycles. The summed E-state index contributed by atoms with van der Waals surface area (Å²) >= 11 is 0. The highest BCUT2D eigenvalue weighted by Gasteiger charge is 2.30. The summed E-state index contributed by atoms with van der Waals surface area (Å²) in [6, 6.07) is 8.34. The Morgan fingerprint density at radius 1 is 0.929 bits per heavy atom. The fraction of sp³-hybridized carbons (Fsp3) is 0.167. The van der Waals surface area contributed by atoms with Crippen LogP contribution in [0.15, 0.2) is 48.5 Å². The van der Waals surface area contributed by atoms with Crippen LogP contribution in [0.25, 0.3) is 0 Å². The van der Waals surface area contributed by atoms with Crippen molar-refractivity contribution in [1.29, 1.82) is 0 Å². The van der Waals surface area contributed by atoms with Crippen molar-refractivity contribution in [3.05, 3.63) is 65.5 Å². The number of nitrogens with one attached hydrogen (secondary N) is 2. The number of carbonyl (C=O) groups is 3. The molecule has 2 N–H and O–H groups in total. The van der Waals surface area contributed by atoms with Crippen LogP contribution in [0.2, 0.25) is 0 Å². The first kappa shape index (κ1) is 20.9. The van der Waals surface area contributed by atoms with Crippen molar-refractivity contribution in [2.75, 3.05) is 18.5 Å². The average Bonchev–Trinajstić information content (AvgIpc) is 2.65. The van der Waals surface area contributed by atoms with Gasteiger partial charge in [0.2, 0.25) is 0 Å². The van der Waals surface area contributed by atoms with Crippen LogP contribution >= 0.6 is 0 Å². The Kier molecular flexibility index (Phi) is 6.69. The molecule has 148 valence electrons. The van der Waals surface area contributed by atoms with Crippen molar-refractivity contribution >= 4 is 23.5 Å². The third-order valence-electron chi connectivity index (χ3n) is 3.36. The quantitative estimate of drug-likeness (QED) is 0.579. The summed E-state index contributed by atoms with van der Waals surface area (Å²) in [6.07, 6.45) is -4.52. The van der Waals surface area contributed by atoms with Crippen molar-refractivity contribution in [1.82, 2.24) is 5.32 Å². The molecule has 6 nitrogen and oxygen atoms in total. The van der Waals surface area contributed by atoms with E-state index in [9.17, 15) is 31.9 Å². The molecular weight excluding hydrogens is 384 g/mol. The molecule has 28 heavy (non-hydrogen) atoms. The summed E-state index contributed by atoms with van der Waals surface area (Å²) in [6.45, 7) is -1.21. The van der Waals surface area contributed by atoms with E-state index in [0.29, 0.717) is 5.69 Å². The molecule has 10 heteroatoms. The van der Waals surface area contributed by atoms with Gasteiger partial charge < -0.3 is 15.4 Å². The molecule has 0 bridgehead atoms. The number of amides is 2. The average molecular weight is 398 g/mol. The van der Waals surface area contributed by atoms with E-state index >= 15 is 0 Å². The molecule has 0 aromatic heterocycles. The van der Waals surface area contributed by atoms with Gasteiger partial charge in [-0.3, -0.25) is 14.4 Å². The number of anilines is 1. The topological polar surface area (TPSA) is 84.5 Å². The third-order valence-corrected chi connectivity index (χ3v) is 3.36. The van der Waals surface area contributed by atoms with Crippen LogP contribution in [-0.2, 0) is 20.5 Å². The number of carbonyl (C=O) groups excluding carboxylic acids is 3. The molecule has 0 aliphatic rings. The molecule has 0 unspecified atom stereocenters. The minimum atomic E-state index is -4.52. The molecule has 0 spiro atoms. The molecule has 0 fully saturated rings. The molecule has 0 saturated heterocycles. The van der Waals surface area contributed by atoms with Gasteiger partial charge >= 0.3 is 12.1 Å². The number of esters is 1. The predicted octanol–water partition coefficient (Wildman–Crippen LogP) is 2.76. The lowest BCUT2D eigenvalue weighted by atomic mass is 10.1. The molecular formula is C18H14F4N2O4. The maximum absolute atomic E-state index is 12.8. The van der Waals surface area contributed by atoms with Crippen LogP contribution in [0.4, 0.5) is 23.2 Å². The van der Waals surface area contributed by atoms with Crippen LogP contribution in [-0.4, -0.2) is 30.9 Å². The van der Waals surface area contributed by atoms with Gasteiger partial charge in [0, 0.05) is 11.3 Å². The van der Waals surface area contributed by atoms with Crippen LogP contribution in [0, 0.1) is 5.82 Å². The minimum Gasteiger partial charge on any atom is -0.454 e. The molecule has 0 aliphatic heterocycles. The number of hydrogen-bond acceptors (Lipinski definition) is 4. The number of benzene rings is 2. The third kappa shape index (κ3) is 6.38. The highest BCUT2D eigenvalue weighted by atomic mass is 19.4. The lowest BCUT2D eigenvalue weighted by Gasteiger charge is -2.09. The van der Waals surface area contributed by atoms with Crippen molar-refractivity contribution in [3.8, 4) is 0 Å². The number of rotatable bonds is 6. The number of halogens is 4. The fourth-order valence-electron chi connectivity index (χ4n) is 1.99. The van der Waals surface area contributed by atoms with Crippen LogP contribution < -0.4 is 10.6 Å². The maximum Gasteiger partial charge on any atom is 0.416 e. The zero-order valence-electron chi connectivity index (χ0n) is 14.2. The Labute approximate surface area is 156 Å².